The Labute approximate surface area is 284 Å². The Hall–Kier alpha value is -3.56. The Kier molecular flexibility index (Phi) is 14.8. The smallest absolute Gasteiger partial charge is 0.406 e. The SMILES string of the molecule is COc1cc(S(=O)(=O)NCCOCCOCCOCCN)ccc1NCC#Cc1cc2c(NC3CCOCC3)cccc2n1CC(F)(F)F. The minimum Gasteiger partial charge on any atom is -0.495 e. The summed E-state index contributed by atoms with van der Waals surface area (Å²) in [6.45, 7) is 2.77. The van der Waals surface area contributed by atoms with E-state index in [0.717, 1.165) is 18.5 Å². The Morgan fingerprint density at radius 3 is 2.39 bits per heavy atom. The molecule has 1 aromatic heterocycles. The second kappa shape index (κ2) is 19.0. The molecule has 0 amide bonds. The predicted molar refractivity (Wildman–Crippen MR) is 181 cm³/mol. The van der Waals surface area contributed by atoms with E-state index in [2.05, 4.69) is 27.2 Å². The van der Waals surface area contributed by atoms with E-state index >= 15 is 0 Å². The van der Waals surface area contributed by atoms with Gasteiger partial charge in [-0.05, 0) is 49.1 Å². The maximum absolute atomic E-state index is 13.6. The molecule has 12 nitrogen and oxygen atoms in total. The molecule has 5 N–H and O–H groups in total. The van der Waals surface area contributed by atoms with Gasteiger partial charge in [0.1, 0.15) is 12.3 Å². The summed E-state index contributed by atoms with van der Waals surface area (Å²) in [6.07, 6.45) is -2.83. The van der Waals surface area contributed by atoms with Crippen LogP contribution in [-0.4, -0.2) is 105 Å². The van der Waals surface area contributed by atoms with Crippen LogP contribution in [0, 0.1) is 11.8 Å². The fraction of sp³-hybridized carbons (Fsp3) is 0.515. The number of benzene rings is 2. The van der Waals surface area contributed by atoms with Crippen LogP contribution < -0.4 is 25.8 Å². The fourth-order valence-corrected chi connectivity index (χ4v) is 6.17. The number of nitrogens with two attached hydrogens (primary N) is 1. The van der Waals surface area contributed by atoms with Crippen LogP contribution in [0.25, 0.3) is 10.9 Å². The van der Waals surface area contributed by atoms with Gasteiger partial charge in [-0.25, -0.2) is 13.1 Å². The predicted octanol–water partition coefficient (Wildman–Crippen LogP) is 3.55. The van der Waals surface area contributed by atoms with E-state index in [1.807, 2.05) is 6.07 Å². The van der Waals surface area contributed by atoms with Crippen molar-refractivity contribution < 1.29 is 45.3 Å². The summed E-state index contributed by atoms with van der Waals surface area (Å²) in [5.41, 5.74) is 7.20. The van der Waals surface area contributed by atoms with Crippen LogP contribution in [0.3, 0.4) is 0 Å². The lowest BCUT2D eigenvalue weighted by atomic mass is 10.1. The molecule has 1 aliphatic heterocycles. The molecule has 0 saturated carbocycles. The Morgan fingerprint density at radius 2 is 1.69 bits per heavy atom. The van der Waals surface area contributed by atoms with Gasteiger partial charge in [0.2, 0.25) is 10.0 Å². The normalized spacial score (nSPS) is 14.1. The minimum atomic E-state index is -4.45. The van der Waals surface area contributed by atoms with Crippen molar-refractivity contribution in [3.8, 4) is 17.6 Å². The second-order valence-electron chi connectivity index (χ2n) is 11.0. The first kappa shape index (κ1) is 38.2. The number of hydrogen-bond acceptors (Lipinski definition) is 10. The number of sulfonamides is 1. The van der Waals surface area contributed by atoms with Gasteiger partial charge in [-0.1, -0.05) is 12.0 Å². The zero-order chi connectivity index (χ0) is 35.1. The first-order valence-corrected chi connectivity index (χ1v) is 17.5. The lowest BCUT2D eigenvalue weighted by molar-refractivity contribution is -0.140. The molecule has 49 heavy (non-hydrogen) atoms. The van der Waals surface area contributed by atoms with Gasteiger partial charge in [-0.3, -0.25) is 0 Å². The maximum Gasteiger partial charge on any atom is 0.406 e. The third kappa shape index (κ3) is 12.1. The molecule has 0 aliphatic carbocycles. The fourth-order valence-electron chi connectivity index (χ4n) is 5.14. The van der Waals surface area contributed by atoms with Crippen molar-refractivity contribution in [2.75, 3.05) is 90.2 Å². The Morgan fingerprint density at radius 1 is 0.980 bits per heavy atom. The van der Waals surface area contributed by atoms with Crippen LogP contribution in [0.4, 0.5) is 24.5 Å². The molecule has 2 heterocycles. The van der Waals surface area contributed by atoms with Crippen LogP contribution in [0.15, 0.2) is 47.4 Å². The first-order chi connectivity index (χ1) is 23.6. The molecule has 1 saturated heterocycles. The molecule has 0 bridgehead atoms. The van der Waals surface area contributed by atoms with E-state index in [0.29, 0.717) is 69.4 Å². The molecule has 0 radical (unpaired) electrons. The lowest BCUT2D eigenvalue weighted by Gasteiger charge is -2.24. The molecule has 0 atom stereocenters. The quantitative estimate of drug-likeness (QED) is 0.108. The average Bonchev–Trinajstić information content (AvgIpc) is 3.42. The van der Waals surface area contributed by atoms with E-state index in [1.54, 1.807) is 18.2 Å². The number of methoxy groups -OCH3 is 1. The number of fused-ring (bicyclic) bond motifs is 1. The number of alkyl halides is 3. The van der Waals surface area contributed by atoms with Crippen molar-refractivity contribution in [1.29, 1.82) is 0 Å². The van der Waals surface area contributed by atoms with Gasteiger partial charge in [0.05, 0.1) is 75.1 Å². The van der Waals surface area contributed by atoms with Crippen molar-refractivity contribution >= 4 is 32.3 Å². The van der Waals surface area contributed by atoms with Crippen molar-refractivity contribution in [2.45, 2.75) is 36.5 Å². The number of ether oxygens (including phenoxy) is 5. The maximum atomic E-state index is 13.6. The van der Waals surface area contributed by atoms with Crippen LogP contribution in [0.1, 0.15) is 18.5 Å². The van der Waals surface area contributed by atoms with E-state index in [1.165, 1.54) is 29.9 Å². The van der Waals surface area contributed by atoms with Crippen LogP contribution in [0.5, 0.6) is 5.75 Å². The molecule has 3 aromatic rings. The summed E-state index contributed by atoms with van der Waals surface area (Å²) >= 11 is 0. The summed E-state index contributed by atoms with van der Waals surface area (Å²) in [5.74, 6) is 6.03. The highest BCUT2D eigenvalue weighted by molar-refractivity contribution is 7.89. The summed E-state index contributed by atoms with van der Waals surface area (Å²) in [7, 11) is -2.46. The van der Waals surface area contributed by atoms with E-state index in [-0.39, 0.29) is 42.1 Å². The van der Waals surface area contributed by atoms with Crippen molar-refractivity contribution in [3.05, 3.63) is 48.2 Å². The molecule has 1 fully saturated rings. The molecule has 270 valence electrons. The highest BCUT2D eigenvalue weighted by atomic mass is 32.2. The third-order valence-corrected chi connectivity index (χ3v) is 8.93. The number of aromatic nitrogens is 1. The summed E-state index contributed by atoms with van der Waals surface area (Å²) in [6, 6.07) is 11.4. The van der Waals surface area contributed by atoms with E-state index in [9.17, 15) is 21.6 Å². The number of anilines is 2. The Bertz CT molecular complexity index is 1650. The van der Waals surface area contributed by atoms with Gasteiger partial charge in [0.25, 0.3) is 0 Å². The Balaban J connectivity index is 1.35. The van der Waals surface area contributed by atoms with Crippen molar-refractivity contribution in [2.24, 2.45) is 5.73 Å². The number of halogens is 3. The van der Waals surface area contributed by atoms with Gasteiger partial charge < -0.3 is 44.6 Å². The van der Waals surface area contributed by atoms with Gasteiger partial charge in [0.15, 0.2) is 0 Å². The third-order valence-electron chi connectivity index (χ3n) is 7.48. The molecule has 16 heteroatoms. The zero-order valence-electron chi connectivity index (χ0n) is 27.4. The summed E-state index contributed by atoms with van der Waals surface area (Å²) < 4.78 is 96.9. The number of rotatable bonds is 19. The standard InChI is InChI=1S/C33H44F3N5O7S/c1-44-32-23-27(49(42,43)39-13-17-47-19-21-48-20-18-46-16-11-37)7-8-30(32)38-12-3-4-26-22-28-29(40-25-9-14-45-15-10-25)5-2-6-31(28)41(26)24-33(34,35)36/h2,5-8,22-23,25,38-40H,9-21,24,37H2,1H3. The largest absolute Gasteiger partial charge is 0.495 e. The number of hydrogen-bond donors (Lipinski definition) is 4. The molecular formula is C33H44F3N5O7S. The monoisotopic (exact) mass is 711 g/mol. The molecule has 2 aromatic carbocycles. The summed E-state index contributed by atoms with van der Waals surface area (Å²) in [4.78, 5) is -0.0105. The van der Waals surface area contributed by atoms with Crippen molar-refractivity contribution in [3.63, 3.8) is 0 Å². The van der Waals surface area contributed by atoms with Crippen LogP contribution in [0.2, 0.25) is 0 Å². The van der Waals surface area contributed by atoms with Crippen molar-refractivity contribution in [1.82, 2.24) is 9.29 Å². The number of nitrogens with zero attached hydrogens (tertiary/aromatic N) is 1. The lowest BCUT2D eigenvalue weighted by Crippen LogP contribution is -2.28. The number of nitrogens with one attached hydrogen (secondary N) is 3. The van der Waals surface area contributed by atoms with E-state index < -0.39 is 22.7 Å². The summed E-state index contributed by atoms with van der Waals surface area (Å²) in [5, 5.41) is 7.17. The van der Waals surface area contributed by atoms with Gasteiger partial charge in [-0.2, -0.15) is 13.2 Å². The van der Waals surface area contributed by atoms with Gasteiger partial charge in [-0.15, -0.1) is 0 Å². The highest BCUT2D eigenvalue weighted by Gasteiger charge is 2.30. The van der Waals surface area contributed by atoms with Crippen LogP contribution in [-0.2, 0) is 35.5 Å². The molecule has 4 rings (SSSR count). The molecule has 0 unspecified atom stereocenters. The zero-order valence-corrected chi connectivity index (χ0v) is 28.3. The topological polar surface area (TPSA) is 147 Å². The van der Waals surface area contributed by atoms with Gasteiger partial charge >= 0.3 is 6.18 Å². The van der Waals surface area contributed by atoms with Crippen LogP contribution >= 0.6 is 0 Å². The van der Waals surface area contributed by atoms with Gasteiger partial charge in [0, 0.05) is 49.5 Å². The first-order valence-electron chi connectivity index (χ1n) is 16.0. The molecular weight excluding hydrogens is 667 g/mol. The highest BCUT2D eigenvalue weighted by Crippen LogP contribution is 2.31. The molecule has 1 aliphatic rings. The second-order valence-corrected chi connectivity index (χ2v) is 12.8. The average molecular weight is 712 g/mol. The minimum absolute atomic E-state index is 0.0105. The van der Waals surface area contributed by atoms with E-state index in [4.69, 9.17) is 29.4 Å². The molecule has 0 spiro atoms.